The van der Waals surface area contributed by atoms with Gasteiger partial charge >= 0.3 is 0 Å². The molecule has 2 N–H and O–H groups in total. The van der Waals surface area contributed by atoms with Gasteiger partial charge in [0.1, 0.15) is 6.04 Å². The monoisotopic (exact) mass is 199 g/mol. The molecule has 0 radical (unpaired) electrons. The maximum Gasteiger partial charge on any atom is 0.247 e. The molecule has 80 valence electrons. The van der Waals surface area contributed by atoms with E-state index >= 15 is 0 Å². The molecule has 1 heterocycles. The van der Waals surface area contributed by atoms with Gasteiger partial charge in [-0.2, -0.15) is 0 Å². The maximum atomic E-state index is 11.7. The number of amidine groups is 1. The van der Waals surface area contributed by atoms with Crippen LogP contribution in [0.4, 0.5) is 0 Å². The molecule has 0 spiro atoms. The number of nitrogens with zero attached hydrogens (tertiary/aromatic N) is 2. The molecule has 14 heavy (non-hydrogen) atoms. The van der Waals surface area contributed by atoms with Crippen molar-refractivity contribution >= 4 is 11.7 Å². The lowest BCUT2D eigenvalue weighted by Gasteiger charge is -2.28. The minimum absolute atomic E-state index is 0.0260. The number of ether oxygens (including phenoxy) is 1. The zero-order valence-electron chi connectivity index (χ0n) is 8.69. The Bertz CT molecular complexity index is 230. The second-order valence-electron chi connectivity index (χ2n) is 3.38. The van der Waals surface area contributed by atoms with Gasteiger partial charge in [-0.3, -0.25) is 9.79 Å². The topological polar surface area (TPSA) is 67.9 Å². The summed E-state index contributed by atoms with van der Waals surface area (Å²) in [6.45, 7) is 5.98. The van der Waals surface area contributed by atoms with Gasteiger partial charge in [-0.25, -0.2) is 0 Å². The van der Waals surface area contributed by atoms with E-state index in [1.807, 2.05) is 0 Å². The molecule has 1 fully saturated rings. The van der Waals surface area contributed by atoms with Gasteiger partial charge in [-0.15, -0.1) is 0 Å². The van der Waals surface area contributed by atoms with E-state index in [2.05, 4.69) is 4.99 Å². The van der Waals surface area contributed by atoms with Gasteiger partial charge < -0.3 is 15.4 Å². The van der Waals surface area contributed by atoms with Gasteiger partial charge in [0.25, 0.3) is 0 Å². The van der Waals surface area contributed by atoms with Crippen LogP contribution < -0.4 is 5.73 Å². The number of carbonyl (C=O) groups is 1. The zero-order chi connectivity index (χ0) is 10.6. The van der Waals surface area contributed by atoms with E-state index in [9.17, 15) is 4.79 Å². The van der Waals surface area contributed by atoms with Crippen molar-refractivity contribution < 1.29 is 9.53 Å². The van der Waals surface area contributed by atoms with Crippen LogP contribution in [0.25, 0.3) is 0 Å². The van der Waals surface area contributed by atoms with Crippen LogP contribution in [-0.4, -0.2) is 49.0 Å². The van der Waals surface area contributed by atoms with Crippen molar-refractivity contribution in [2.75, 3.05) is 26.3 Å². The van der Waals surface area contributed by atoms with Gasteiger partial charge in [0.15, 0.2) is 0 Å². The van der Waals surface area contributed by atoms with Crippen LogP contribution in [0.1, 0.15) is 13.8 Å². The summed E-state index contributed by atoms with van der Waals surface area (Å²) in [7, 11) is 0. The number of amides is 1. The minimum Gasteiger partial charge on any atom is -0.388 e. The number of aliphatic imine (C=N–C) groups is 1. The predicted molar refractivity (Wildman–Crippen MR) is 54.2 cm³/mol. The highest BCUT2D eigenvalue weighted by atomic mass is 16.5. The fourth-order valence-corrected chi connectivity index (χ4v) is 1.41. The molecule has 0 bridgehead atoms. The quantitative estimate of drug-likeness (QED) is 0.486. The fourth-order valence-electron chi connectivity index (χ4n) is 1.41. The third-order valence-electron chi connectivity index (χ3n) is 2.08. The number of rotatable bonds is 2. The third kappa shape index (κ3) is 2.99. The van der Waals surface area contributed by atoms with E-state index in [0.29, 0.717) is 32.1 Å². The lowest BCUT2D eigenvalue weighted by Crippen LogP contribution is -2.44. The van der Waals surface area contributed by atoms with E-state index < -0.39 is 0 Å². The summed E-state index contributed by atoms with van der Waals surface area (Å²) in [5, 5.41) is 0. The number of carbonyl (C=O) groups excluding carboxylic acids is 1. The summed E-state index contributed by atoms with van der Waals surface area (Å²) in [6, 6.07) is -0.377. The van der Waals surface area contributed by atoms with Crippen molar-refractivity contribution in [1.29, 1.82) is 0 Å². The molecule has 1 amide bonds. The molecule has 5 nitrogen and oxygen atoms in total. The molecule has 1 unspecified atom stereocenters. The van der Waals surface area contributed by atoms with Gasteiger partial charge in [-0.05, 0) is 13.8 Å². The Balaban J connectivity index is 2.50. The molecule has 0 aliphatic carbocycles. The van der Waals surface area contributed by atoms with Crippen molar-refractivity contribution in [2.45, 2.75) is 19.9 Å². The molecule has 0 saturated carbocycles. The maximum absolute atomic E-state index is 11.7. The highest BCUT2D eigenvalue weighted by Crippen LogP contribution is 2.02. The first-order chi connectivity index (χ1) is 6.61. The Morgan fingerprint density at radius 1 is 1.50 bits per heavy atom. The normalized spacial score (nSPS) is 20.7. The number of hydrogen-bond donors (Lipinski definition) is 1. The third-order valence-corrected chi connectivity index (χ3v) is 2.08. The van der Waals surface area contributed by atoms with E-state index in [4.69, 9.17) is 10.5 Å². The average molecular weight is 199 g/mol. The van der Waals surface area contributed by atoms with Crippen LogP contribution in [-0.2, 0) is 9.53 Å². The van der Waals surface area contributed by atoms with Gasteiger partial charge in [0, 0.05) is 13.1 Å². The number of nitrogens with two attached hydrogens (primary N) is 1. The standard InChI is InChI=1S/C9H17N3O2/c1-7(11-8(2)10)9(13)12-3-5-14-6-4-12/h7H,3-6H2,1-2H3,(H2,10,11). The number of hydrogen-bond acceptors (Lipinski definition) is 3. The molecule has 0 aromatic rings. The van der Waals surface area contributed by atoms with Crippen LogP contribution >= 0.6 is 0 Å². The van der Waals surface area contributed by atoms with E-state index in [0.717, 1.165) is 0 Å². The summed E-state index contributed by atoms with van der Waals surface area (Å²) >= 11 is 0. The molecular weight excluding hydrogens is 182 g/mol. The van der Waals surface area contributed by atoms with E-state index in [1.54, 1.807) is 18.7 Å². The van der Waals surface area contributed by atoms with Crippen molar-refractivity contribution in [3.8, 4) is 0 Å². The van der Waals surface area contributed by atoms with Crippen LogP contribution in [0.3, 0.4) is 0 Å². The first-order valence-corrected chi connectivity index (χ1v) is 4.77. The molecule has 0 aromatic carbocycles. The van der Waals surface area contributed by atoms with Crippen molar-refractivity contribution in [1.82, 2.24) is 4.90 Å². The predicted octanol–water partition coefficient (Wildman–Crippen LogP) is -0.389. The van der Waals surface area contributed by atoms with Crippen LogP contribution in [0.5, 0.6) is 0 Å². The average Bonchev–Trinajstić information content (AvgIpc) is 2.17. The summed E-state index contributed by atoms with van der Waals surface area (Å²) in [4.78, 5) is 17.5. The summed E-state index contributed by atoms with van der Waals surface area (Å²) in [6.07, 6.45) is 0. The fraction of sp³-hybridized carbons (Fsp3) is 0.778. The Labute approximate surface area is 83.9 Å². The van der Waals surface area contributed by atoms with Gasteiger partial charge in [0.05, 0.1) is 19.0 Å². The Kier molecular flexibility index (Phi) is 3.88. The molecule has 5 heteroatoms. The van der Waals surface area contributed by atoms with Gasteiger partial charge in [0.2, 0.25) is 5.91 Å². The highest BCUT2D eigenvalue weighted by molar-refractivity contribution is 5.86. The molecule has 1 atom stereocenters. The smallest absolute Gasteiger partial charge is 0.247 e. The Morgan fingerprint density at radius 3 is 2.57 bits per heavy atom. The Hall–Kier alpha value is -1.10. The summed E-state index contributed by atoms with van der Waals surface area (Å²) in [5.41, 5.74) is 5.42. The lowest BCUT2D eigenvalue weighted by molar-refractivity contribution is -0.136. The molecule has 1 saturated heterocycles. The van der Waals surface area contributed by atoms with Crippen LogP contribution in [0.15, 0.2) is 4.99 Å². The van der Waals surface area contributed by atoms with Crippen LogP contribution in [0.2, 0.25) is 0 Å². The second-order valence-corrected chi connectivity index (χ2v) is 3.38. The molecule has 1 rings (SSSR count). The van der Waals surface area contributed by atoms with Crippen LogP contribution in [0, 0.1) is 0 Å². The Morgan fingerprint density at radius 2 is 2.07 bits per heavy atom. The minimum atomic E-state index is -0.377. The van der Waals surface area contributed by atoms with Gasteiger partial charge in [-0.1, -0.05) is 0 Å². The largest absolute Gasteiger partial charge is 0.388 e. The number of morpholine rings is 1. The molecule has 0 aromatic heterocycles. The summed E-state index contributed by atoms with van der Waals surface area (Å²) < 4.78 is 5.16. The summed E-state index contributed by atoms with van der Waals surface area (Å²) in [5.74, 6) is 0.470. The second kappa shape index (κ2) is 4.95. The highest BCUT2D eigenvalue weighted by Gasteiger charge is 2.21. The first kappa shape index (κ1) is 11.0. The van der Waals surface area contributed by atoms with Crippen molar-refractivity contribution in [3.05, 3.63) is 0 Å². The van der Waals surface area contributed by atoms with Crippen molar-refractivity contribution in [2.24, 2.45) is 10.7 Å². The first-order valence-electron chi connectivity index (χ1n) is 4.77. The molecular formula is C9H17N3O2. The van der Waals surface area contributed by atoms with E-state index in [-0.39, 0.29) is 11.9 Å². The van der Waals surface area contributed by atoms with E-state index in [1.165, 1.54) is 0 Å². The van der Waals surface area contributed by atoms with Crippen molar-refractivity contribution in [3.63, 3.8) is 0 Å². The SMILES string of the molecule is CC(N)=NC(C)C(=O)N1CCOCC1. The molecule has 1 aliphatic heterocycles. The lowest BCUT2D eigenvalue weighted by atomic mass is 10.3. The zero-order valence-corrected chi connectivity index (χ0v) is 8.69. The molecule has 1 aliphatic rings.